The van der Waals surface area contributed by atoms with E-state index in [1.54, 1.807) is 29.2 Å². The van der Waals surface area contributed by atoms with Gasteiger partial charge in [-0.3, -0.25) is 33.9 Å². The average molecular weight is 492 g/mol. The van der Waals surface area contributed by atoms with E-state index in [4.69, 9.17) is 27.6 Å². The van der Waals surface area contributed by atoms with E-state index in [9.17, 15) is 19.2 Å². The molecule has 4 amide bonds. The van der Waals surface area contributed by atoms with Gasteiger partial charge in [-0.15, -0.1) is 0 Å². The number of likely N-dealkylation sites (tertiary alicyclic amines) is 2. The fourth-order valence-electron chi connectivity index (χ4n) is 5.24. The van der Waals surface area contributed by atoms with Crippen LogP contribution < -0.4 is 0 Å². The first-order valence-corrected chi connectivity index (χ1v) is 11.7. The molecule has 0 bridgehead atoms. The molecule has 3 heterocycles. The molecular formula is C23H23Cl2N3O5. The molecule has 5 rings (SSSR count). The summed E-state index contributed by atoms with van der Waals surface area (Å²) in [5, 5.41) is 1.18. The van der Waals surface area contributed by atoms with Gasteiger partial charge in [0, 0.05) is 10.1 Å². The molecule has 0 spiro atoms. The number of carbonyl (C=O) groups excluding carboxylic acids is 4. The van der Waals surface area contributed by atoms with Crippen LogP contribution in [-0.4, -0.2) is 51.7 Å². The molecule has 8 nitrogen and oxygen atoms in total. The molecule has 33 heavy (non-hydrogen) atoms. The average Bonchev–Trinajstić information content (AvgIpc) is 3.44. The van der Waals surface area contributed by atoms with Crippen molar-refractivity contribution in [2.24, 2.45) is 23.7 Å². The number of rotatable bonds is 6. The predicted molar refractivity (Wildman–Crippen MR) is 118 cm³/mol. The summed E-state index contributed by atoms with van der Waals surface area (Å²) in [6.07, 6.45) is 6.68. The Morgan fingerprint density at radius 3 is 1.76 bits per heavy atom. The van der Waals surface area contributed by atoms with Gasteiger partial charge in [0.15, 0.2) is 0 Å². The topological polar surface area (TPSA) is 91.1 Å². The van der Waals surface area contributed by atoms with E-state index in [-0.39, 0.29) is 43.5 Å². The van der Waals surface area contributed by atoms with Gasteiger partial charge in [0.05, 0.1) is 49.8 Å². The van der Waals surface area contributed by atoms with Gasteiger partial charge in [0.25, 0.3) is 0 Å². The van der Waals surface area contributed by atoms with Gasteiger partial charge < -0.3 is 4.42 Å². The zero-order chi connectivity index (χ0) is 23.3. The molecule has 2 aliphatic carbocycles. The number of imide groups is 2. The van der Waals surface area contributed by atoms with Gasteiger partial charge in [-0.2, -0.15) is 0 Å². The minimum atomic E-state index is -0.466. The Morgan fingerprint density at radius 1 is 0.818 bits per heavy atom. The number of hydrogen-bond donors (Lipinski definition) is 0. The van der Waals surface area contributed by atoms with Crippen LogP contribution in [0.25, 0.3) is 0 Å². The molecule has 10 heteroatoms. The minimum Gasteiger partial charge on any atom is -0.468 e. The van der Waals surface area contributed by atoms with Gasteiger partial charge in [-0.1, -0.05) is 35.4 Å². The first kappa shape index (κ1) is 22.4. The van der Waals surface area contributed by atoms with Crippen molar-refractivity contribution in [3.8, 4) is 0 Å². The number of carbonyl (C=O) groups is 4. The SMILES string of the molecule is O=C1[C@H]2CC=C(Cl)C[C@@H]2C(=O)N1CN(Cc1ccco1)CN1C(=O)[C@@H]2CC=C(Cl)C[C@H]2C1=O. The maximum Gasteiger partial charge on any atom is 0.234 e. The maximum atomic E-state index is 13.0. The van der Waals surface area contributed by atoms with Crippen molar-refractivity contribution in [2.75, 3.05) is 13.3 Å². The van der Waals surface area contributed by atoms with Crippen LogP contribution in [0.2, 0.25) is 0 Å². The molecule has 4 atom stereocenters. The molecule has 0 unspecified atom stereocenters. The van der Waals surface area contributed by atoms with Crippen LogP contribution in [0.15, 0.2) is 45.0 Å². The molecule has 4 aliphatic rings. The summed E-state index contributed by atoms with van der Waals surface area (Å²) in [6.45, 7) is 0.132. The summed E-state index contributed by atoms with van der Waals surface area (Å²) in [5.74, 6) is -2.23. The quantitative estimate of drug-likeness (QED) is 0.568. The first-order chi connectivity index (χ1) is 15.8. The van der Waals surface area contributed by atoms with E-state index >= 15 is 0 Å². The first-order valence-electron chi connectivity index (χ1n) is 11.0. The van der Waals surface area contributed by atoms with Crippen molar-refractivity contribution in [1.29, 1.82) is 0 Å². The molecule has 0 N–H and O–H groups in total. The van der Waals surface area contributed by atoms with Gasteiger partial charge in [-0.25, -0.2) is 0 Å². The van der Waals surface area contributed by atoms with Crippen molar-refractivity contribution in [3.63, 3.8) is 0 Å². The van der Waals surface area contributed by atoms with Crippen LogP contribution in [0.3, 0.4) is 0 Å². The Labute approximate surface area is 200 Å². The minimum absolute atomic E-state index is 0.0472. The summed E-state index contributed by atoms with van der Waals surface area (Å²) in [7, 11) is 0. The number of hydrogen-bond acceptors (Lipinski definition) is 6. The Morgan fingerprint density at radius 2 is 1.30 bits per heavy atom. The monoisotopic (exact) mass is 491 g/mol. The lowest BCUT2D eigenvalue weighted by atomic mass is 9.85. The highest BCUT2D eigenvalue weighted by molar-refractivity contribution is 6.30. The largest absolute Gasteiger partial charge is 0.468 e. The highest BCUT2D eigenvalue weighted by Crippen LogP contribution is 2.40. The predicted octanol–water partition coefficient (Wildman–Crippen LogP) is 3.03. The second-order valence-electron chi connectivity index (χ2n) is 9.01. The molecular weight excluding hydrogens is 469 g/mol. The van der Waals surface area contributed by atoms with Crippen LogP contribution in [0.5, 0.6) is 0 Å². The smallest absolute Gasteiger partial charge is 0.234 e. The van der Waals surface area contributed by atoms with Gasteiger partial charge in [0.1, 0.15) is 5.76 Å². The maximum absolute atomic E-state index is 13.0. The van der Waals surface area contributed by atoms with Crippen LogP contribution in [0, 0.1) is 23.7 Å². The van der Waals surface area contributed by atoms with E-state index in [2.05, 4.69) is 0 Å². The normalized spacial score (nSPS) is 29.5. The molecule has 2 aliphatic heterocycles. The van der Waals surface area contributed by atoms with Gasteiger partial charge >= 0.3 is 0 Å². The third kappa shape index (κ3) is 4.05. The van der Waals surface area contributed by atoms with Crippen molar-refractivity contribution in [3.05, 3.63) is 46.4 Å². The van der Waals surface area contributed by atoms with E-state index in [0.29, 0.717) is 41.5 Å². The third-order valence-electron chi connectivity index (χ3n) is 6.96. The second kappa shape index (κ2) is 8.74. The lowest BCUT2D eigenvalue weighted by Gasteiger charge is -2.29. The fraction of sp³-hybridized carbons (Fsp3) is 0.478. The van der Waals surface area contributed by atoms with Crippen LogP contribution >= 0.6 is 23.2 Å². The summed E-state index contributed by atoms with van der Waals surface area (Å²) in [4.78, 5) is 56.3. The molecule has 0 radical (unpaired) electrons. The molecule has 1 aromatic rings. The fourth-order valence-corrected chi connectivity index (χ4v) is 5.75. The van der Waals surface area contributed by atoms with Crippen molar-refractivity contribution in [2.45, 2.75) is 32.2 Å². The summed E-state index contributed by atoms with van der Waals surface area (Å²) in [6, 6.07) is 3.50. The summed E-state index contributed by atoms with van der Waals surface area (Å²) < 4.78 is 5.45. The molecule has 0 aromatic carbocycles. The Kier molecular flexibility index (Phi) is 5.93. The van der Waals surface area contributed by atoms with Crippen molar-refractivity contribution < 1.29 is 23.6 Å². The Hall–Kier alpha value is -2.42. The Balaban J connectivity index is 1.35. The third-order valence-corrected chi connectivity index (χ3v) is 7.58. The zero-order valence-corrected chi connectivity index (χ0v) is 19.3. The van der Waals surface area contributed by atoms with Crippen LogP contribution in [0.4, 0.5) is 0 Å². The number of allylic oxidation sites excluding steroid dienone is 4. The second-order valence-corrected chi connectivity index (χ2v) is 9.98. The molecule has 2 fully saturated rings. The number of halogens is 2. The molecule has 174 valence electrons. The zero-order valence-electron chi connectivity index (χ0n) is 17.8. The van der Waals surface area contributed by atoms with Crippen LogP contribution in [0.1, 0.15) is 31.4 Å². The summed E-state index contributed by atoms with van der Waals surface area (Å²) in [5.41, 5.74) is 0. The highest BCUT2D eigenvalue weighted by Gasteiger charge is 2.51. The standard InChI is InChI=1S/C23H23Cl2N3O5/c24-13-3-5-16-18(8-13)22(31)27(20(16)29)11-26(10-15-2-1-7-33-15)12-28-21(30)17-6-4-14(25)9-19(17)23(28)32/h1-4,7,16-19H,5-6,8-12H2/t16-,17+,18-,19+. The van der Waals surface area contributed by atoms with Gasteiger partial charge in [-0.05, 0) is 37.8 Å². The lowest BCUT2D eigenvalue weighted by molar-refractivity contribution is -0.145. The highest BCUT2D eigenvalue weighted by atomic mass is 35.5. The van der Waals surface area contributed by atoms with Crippen molar-refractivity contribution >= 4 is 46.8 Å². The summed E-state index contributed by atoms with van der Waals surface area (Å²) >= 11 is 12.2. The van der Waals surface area contributed by atoms with Crippen molar-refractivity contribution in [1.82, 2.24) is 14.7 Å². The number of fused-ring (bicyclic) bond motifs is 2. The number of furan rings is 1. The van der Waals surface area contributed by atoms with E-state index < -0.39 is 23.7 Å². The van der Waals surface area contributed by atoms with Gasteiger partial charge in [0.2, 0.25) is 23.6 Å². The molecule has 0 saturated carbocycles. The van der Waals surface area contributed by atoms with E-state index in [1.807, 2.05) is 0 Å². The van der Waals surface area contributed by atoms with Crippen LogP contribution in [-0.2, 0) is 25.7 Å². The number of amides is 4. The lowest BCUT2D eigenvalue weighted by Crippen LogP contribution is -2.47. The molecule has 2 saturated heterocycles. The number of nitrogens with zero attached hydrogens (tertiary/aromatic N) is 3. The van der Waals surface area contributed by atoms with E-state index in [0.717, 1.165) is 0 Å². The molecule has 1 aromatic heterocycles. The Bertz CT molecular complexity index is 1000. The van der Waals surface area contributed by atoms with E-state index in [1.165, 1.54) is 16.1 Å².